The molecule has 2 aromatic carbocycles. The molecule has 1 unspecified atom stereocenters. The zero-order chi connectivity index (χ0) is 12.8. The standard InChI is InChI=1S/C16H19NO/c17-15(11-13-7-3-1-4-8-13)16(18)12-14-9-5-2-6-10-14/h1-10,15-16,18H,11-12,17H2/t15-,16?/m0/s1. The molecule has 0 amide bonds. The normalized spacial score (nSPS) is 14.1. The highest BCUT2D eigenvalue weighted by Crippen LogP contribution is 2.09. The Morgan fingerprint density at radius 3 is 1.72 bits per heavy atom. The molecule has 0 aromatic heterocycles. The molecule has 94 valence electrons. The van der Waals surface area contributed by atoms with Crippen LogP contribution < -0.4 is 5.73 Å². The van der Waals surface area contributed by atoms with Crippen molar-refractivity contribution in [2.75, 3.05) is 0 Å². The van der Waals surface area contributed by atoms with Gasteiger partial charge in [0.25, 0.3) is 0 Å². The van der Waals surface area contributed by atoms with Crippen LogP contribution in [0.15, 0.2) is 60.7 Å². The average Bonchev–Trinajstić information content (AvgIpc) is 2.41. The van der Waals surface area contributed by atoms with E-state index in [-0.39, 0.29) is 6.04 Å². The van der Waals surface area contributed by atoms with Crippen LogP contribution in [-0.2, 0) is 12.8 Å². The van der Waals surface area contributed by atoms with Crippen molar-refractivity contribution in [2.45, 2.75) is 25.0 Å². The fraction of sp³-hybridized carbons (Fsp3) is 0.250. The van der Waals surface area contributed by atoms with E-state index in [0.717, 1.165) is 11.1 Å². The van der Waals surface area contributed by atoms with Crippen molar-refractivity contribution in [2.24, 2.45) is 5.73 Å². The lowest BCUT2D eigenvalue weighted by atomic mass is 9.97. The molecule has 0 spiro atoms. The molecule has 2 heteroatoms. The predicted molar refractivity (Wildman–Crippen MR) is 74.3 cm³/mol. The van der Waals surface area contributed by atoms with E-state index in [0.29, 0.717) is 12.8 Å². The summed E-state index contributed by atoms with van der Waals surface area (Å²) in [6.45, 7) is 0. The van der Waals surface area contributed by atoms with Crippen LogP contribution >= 0.6 is 0 Å². The highest BCUT2D eigenvalue weighted by molar-refractivity contribution is 5.18. The van der Waals surface area contributed by atoms with E-state index in [4.69, 9.17) is 5.73 Å². The van der Waals surface area contributed by atoms with Gasteiger partial charge in [0.05, 0.1) is 6.10 Å². The SMILES string of the molecule is N[C@@H](Cc1ccccc1)C(O)Cc1ccccc1. The molecule has 0 saturated heterocycles. The monoisotopic (exact) mass is 241 g/mol. The number of benzene rings is 2. The predicted octanol–water partition coefficient (Wildman–Crippen LogP) is 2.16. The van der Waals surface area contributed by atoms with Crippen LogP contribution in [0.3, 0.4) is 0 Å². The maximum atomic E-state index is 10.1. The topological polar surface area (TPSA) is 46.2 Å². The van der Waals surface area contributed by atoms with Crippen molar-refractivity contribution in [3.8, 4) is 0 Å². The number of hydrogen-bond acceptors (Lipinski definition) is 2. The molecule has 3 N–H and O–H groups in total. The van der Waals surface area contributed by atoms with Gasteiger partial charge in [0.1, 0.15) is 0 Å². The van der Waals surface area contributed by atoms with Crippen molar-refractivity contribution < 1.29 is 5.11 Å². The van der Waals surface area contributed by atoms with Crippen molar-refractivity contribution >= 4 is 0 Å². The average molecular weight is 241 g/mol. The number of aliphatic hydroxyl groups is 1. The summed E-state index contributed by atoms with van der Waals surface area (Å²) < 4.78 is 0. The van der Waals surface area contributed by atoms with Gasteiger partial charge < -0.3 is 10.8 Å². The number of rotatable bonds is 5. The Hall–Kier alpha value is -1.64. The third-order valence-corrected chi connectivity index (χ3v) is 3.10. The molecule has 2 rings (SSSR count). The fourth-order valence-electron chi connectivity index (χ4n) is 2.03. The van der Waals surface area contributed by atoms with E-state index in [9.17, 15) is 5.11 Å². The molecule has 2 aromatic rings. The van der Waals surface area contributed by atoms with Gasteiger partial charge in [0.15, 0.2) is 0 Å². The first kappa shape index (κ1) is 12.8. The minimum Gasteiger partial charge on any atom is -0.391 e. The molecule has 0 fully saturated rings. The molecule has 0 aliphatic rings. The first-order chi connectivity index (χ1) is 8.75. The second kappa shape index (κ2) is 6.34. The number of hydrogen-bond donors (Lipinski definition) is 2. The van der Waals surface area contributed by atoms with Crippen molar-refractivity contribution in [1.82, 2.24) is 0 Å². The second-order valence-corrected chi connectivity index (χ2v) is 4.61. The molecule has 0 saturated carbocycles. The number of nitrogens with two attached hydrogens (primary N) is 1. The molecule has 2 atom stereocenters. The molecule has 0 aliphatic heterocycles. The van der Waals surface area contributed by atoms with Crippen molar-refractivity contribution in [1.29, 1.82) is 0 Å². The Balaban J connectivity index is 1.91. The summed E-state index contributed by atoms with van der Waals surface area (Å²) >= 11 is 0. The molecule has 18 heavy (non-hydrogen) atoms. The van der Waals surface area contributed by atoms with Gasteiger partial charge in [0.2, 0.25) is 0 Å². The minimum absolute atomic E-state index is 0.229. The Morgan fingerprint density at radius 1 is 0.778 bits per heavy atom. The smallest absolute Gasteiger partial charge is 0.0734 e. The molecular formula is C16H19NO. The van der Waals surface area contributed by atoms with Crippen LogP contribution in [0.2, 0.25) is 0 Å². The van der Waals surface area contributed by atoms with Gasteiger partial charge in [-0.15, -0.1) is 0 Å². The molecule has 2 nitrogen and oxygen atoms in total. The third-order valence-electron chi connectivity index (χ3n) is 3.10. The van der Waals surface area contributed by atoms with Crippen LogP contribution in [-0.4, -0.2) is 17.3 Å². The summed E-state index contributed by atoms with van der Waals surface area (Å²) in [6, 6.07) is 19.8. The zero-order valence-corrected chi connectivity index (χ0v) is 10.4. The van der Waals surface area contributed by atoms with Gasteiger partial charge >= 0.3 is 0 Å². The first-order valence-corrected chi connectivity index (χ1v) is 6.27. The lowest BCUT2D eigenvalue weighted by Crippen LogP contribution is -2.38. The molecule has 0 heterocycles. The van der Waals surface area contributed by atoms with E-state index in [1.54, 1.807) is 0 Å². The highest BCUT2D eigenvalue weighted by Gasteiger charge is 2.15. The highest BCUT2D eigenvalue weighted by atomic mass is 16.3. The fourth-order valence-corrected chi connectivity index (χ4v) is 2.03. The van der Waals surface area contributed by atoms with Crippen molar-refractivity contribution in [3.05, 3.63) is 71.8 Å². The summed E-state index contributed by atoms with van der Waals surface area (Å²) in [5.41, 5.74) is 8.33. The zero-order valence-electron chi connectivity index (χ0n) is 10.4. The Labute approximate surface area is 108 Å². The van der Waals surface area contributed by atoms with E-state index >= 15 is 0 Å². The molecule has 0 radical (unpaired) electrons. The Morgan fingerprint density at radius 2 is 1.22 bits per heavy atom. The lowest BCUT2D eigenvalue weighted by molar-refractivity contribution is 0.144. The summed E-state index contributed by atoms with van der Waals surface area (Å²) in [4.78, 5) is 0. The minimum atomic E-state index is -0.507. The van der Waals surface area contributed by atoms with Crippen LogP contribution in [0, 0.1) is 0 Å². The molecule has 0 bridgehead atoms. The van der Waals surface area contributed by atoms with Gasteiger partial charge in [-0.25, -0.2) is 0 Å². The Bertz CT molecular complexity index is 410. The van der Waals surface area contributed by atoms with Gasteiger partial charge in [-0.1, -0.05) is 60.7 Å². The van der Waals surface area contributed by atoms with Crippen LogP contribution in [0.4, 0.5) is 0 Å². The summed E-state index contributed by atoms with van der Waals surface area (Å²) in [5, 5.41) is 10.1. The van der Waals surface area contributed by atoms with Crippen LogP contribution in [0.5, 0.6) is 0 Å². The first-order valence-electron chi connectivity index (χ1n) is 6.27. The molecule has 0 aliphatic carbocycles. The van der Waals surface area contributed by atoms with Crippen LogP contribution in [0.25, 0.3) is 0 Å². The van der Waals surface area contributed by atoms with E-state index < -0.39 is 6.10 Å². The maximum absolute atomic E-state index is 10.1. The summed E-state index contributed by atoms with van der Waals surface area (Å²) in [5.74, 6) is 0. The van der Waals surface area contributed by atoms with E-state index in [1.165, 1.54) is 0 Å². The summed E-state index contributed by atoms with van der Waals surface area (Å²) in [6.07, 6.45) is 0.802. The quantitative estimate of drug-likeness (QED) is 0.842. The lowest BCUT2D eigenvalue weighted by Gasteiger charge is -2.19. The van der Waals surface area contributed by atoms with Gasteiger partial charge in [-0.2, -0.15) is 0 Å². The Kier molecular flexibility index (Phi) is 4.51. The van der Waals surface area contributed by atoms with E-state index in [2.05, 4.69) is 0 Å². The second-order valence-electron chi connectivity index (χ2n) is 4.61. The summed E-state index contributed by atoms with van der Waals surface area (Å²) in [7, 11) is 0. The maximum Gasteiger partial charge on any atom is 0.0734 e. The third kappa shape index (κ3) is 3.69. The largest absolute Gasteiger partial charge is 0.391 e. The van der Waals surface area contributed by atoms with Gasteiger partial charge in [-0.3, -0.25) is 0 Å². The van der Waals surface area contributed by atoms with E-state index in [1.807, 2.05) is 60.7 Å². The van der Waals surface area contributed by atoms with Crippen molar-refractivity contribution in [3.63, 3.8) is 0 Å². The van der Waals surface area contributed by atoms with Gasteiger partial charge in [0, 0.05) is 6.04 Å². The molecular weight excluding hydrogens is 222 g/mol. The van der Waals surface area contributed by atoms with Crippen LogP contribution in [0.1, 0.15) is 11.1 Å². The number of aliphatic hydroxyl groups excluding tert-OH is 1. The van der Waals surface area contributed by atoms with Gasteiger partial charge in [-0.05, 0) is 24.0 Å².